The van der Waals surface area contributed by atoms with Crippen LogP contribution in [0.2, 0.25) is 0 Å². The number of hydrogen-bond acceptors (Lipinski definition) is 5. The largest absolute Gasteiger partial charge is 0.504 e. The standard InChI is InChI=1S/C6H10O5/c1-10-6-5(9)4(8)3(2-7)11-6/h3-4,7-9H,2H2,1H3/t3-,4+/m1/s1. The molecule has 5 heteroatoms. The number of aliphatic hydroxyl groups is 3. The van der Waals surface area contributed by atoms with Crippen LogP contribution in [0.3, 0.4) is 0 Å². The van der Waals surface area contributed by atoms with E-state index in [1.165, 1.54) is 7.11 Å². The molecule has 64 valence electrons. The minimum atomic E-state index is -1.19. The molecule has 0 saturated heterocycles. The molecule has 1 aliphatic heterocycles. The van der Waals surface area contributed by atoms with Crippen LogP contribution in [0.5, 0.6) is 0 Å². The zero-order valence-electron chi connectivity index (χ0n) is 6.02. The zero-order chi connectivity index (χ0) is 8.43. The first kappa shape index (κ1) is 8.16. The van der Waals surface area contributed by atoms with Crippen LogP contribution in [0.15, 0.2) is 11.7 Å². The summed E-state index contributed by atoms with van der Waals surface area (Å²) < 4.78 is 9.35. The van der Waals surface area contributed by atoms with Gasteiger partial charge in [-0.15, -0.1) is 0 Å². The molecule has 0 amide bonds. The van der Waals surface area contributed by atoms with Crippen molar-refractivity contribution in [2.45, 2.75) is 12.2 Å². The second kappa shape index (κ2) is 2.98. The van der Waals surface area contributed by atoms with Crippen LogP contribution in [0.4, 0.5) is 0 Å². The lowest BCUT2D eigenvalue weighted by Crippen LogP contribution is -2.27. The molecular weight excluding hydrogens is 152 g/mol. The molecule has 0 aliphatic carbocycles. The predicted octanol–water partition coefficient (Wildman–Crippen LogP) is -0.888. The maximum absolute atomic E-state index is 9.09. The molecule has 0 aromatic carbocycles. The molecule has 0 fully saturated rings. The van der Waals surface area contributed by atoms with Crippen molar-refractivity contribution in [1.29, 1.82) is 0 Å². The van der Waals surface area contributed by atoms with Gasteiger partial charge in [-0.2, -0.15) is 0 Å². The highest BCUT2D eigenvalue weighted by Crippen LogP contribution is 2.23. The van der Waals surface area contributed by atoms with Gasteiger partial charge in [0.15, 0.2) is 12.2 Å². The third-order valence-electron chi connectivity index (χ3n) is 1.47. The van der Waals surface area contributed by atoms with Crippen LogP contribution in [0.1, 0.15) is 0 Å². The highest BCUT2D eigenvalue weighted by molar-refractivity contribution is 5.09. The highest BCUT2D eigenvalue weighted by atomic mass is 16.7. The molecule has 1 aliphatic rings. The Morgan fingerprint density at radius 3 is 2.55 bits per heavy atom. The Bertz CT molecular complexity index is 176. The predicted molar refractivity (Wildman–Crippen MR) is 34.6 cm³/mol. The van der Waals surface area contributed by atoms with E-state index in [9.17, 15) is 0 Å². The van der Waals surface area contributed by atoms with Crippen molar-refractivity contribution in [3.63, 3.8) is 0 Å². The Morgan fingerprint density at radius 1 is 1.64 bits per heavy atom. The number of methoxy groups -OCH3 is 1. The van der Waals surface area contributed by atoms with Gasteiger partial charge in [0, 0.05) is 0 Å². The van der Waals surface area contributed by atoms with Crippen molar-refractivity contribution in [1.82, 2.24) is 0 Å². The third kappa shape index (κ3) is 1.24. The second-order valence-corrected chi connectivity index (χ2v) is 2.16. The van der Waals surface area contributed by atoms with Gasteiger partial charge in [0.05, 0.1) is 13.7 Å². The van der Waals surface area contributed by atoms with Crippen LogP contribution < -0.4 is 0 Å². The summed E-state index contributed by atoms with van der Waals surface area (Å²) in [5.74, 6) is -0.497. The molecule has 11 heavy (non-hydrogen) atoms. The van der Waals surface area contributed by atoms with Crippen LogP contribution in [0, 0.1) is 0 Å². The molecule has 1 rings (SSSR count). The molecule has 2 atom stereocenters. The molecule has 0 unspecified atom stereocenters. The van der Waals surface area contributed by atoms with Crippen molar-refractivity contribution in [3.8, 4) is 0 Å². The molecule has 0 saturated carbocycles. The van der Waals surface area contributed by atoms with E-state index in [1.54, 1.807) is 0 Å². The lowest BCUT2D eigenvalue weighted by atomic mass is 10.2. The van der Waals surface area contributed by atoms with Gasteiger partial charge in [0.25, 0.3) is 0 Å². The summed E-state index contributed by atoms with van der Waals surface area (Å²) >= 11 is 0. The van der Waals surface area contributed by atoms with Crippen LogP contribution in [-0.4, -0.2) is 41.2 Å². The SMILES string of the molecule is COC1=C(O)[C@@H](O)[C@@H](CO)O1. The Hall–Kier alpha value is -0.940. The molecule has 1 heterocycles. The molecule has 0 spiro atoms. The summed E-state index contributed by atoms with van der Waals surface area (Å²) in [5.41, 5.74) is 0. The zero-order valence-corrected chi connectivity index (χ0v) is 6.02. The van der Waals surface area contributed by atoms with Gasteiger partial charge in [0.2, 0.25) is 5.76 Å². The molecule has 0 bridgehead atoms. The topological polar surface area (TPSA) is 79.2 Å². The monoisotopic (exact) mass is 162 g/mol. The van der Waals surface area contributed by atoms with Gasteiger partial charge < -0.3 is 24.8 Å². The summed E-state index contributed by atoms with van der Waals surface area (Å²) in [6.07, 6.45) is -2.00. The summed E-state index contributed by atoms with van der Waals surface area (Å²) in [7, 11) is 1.30. The average molecular weight is 162 g/mol. The second-order valence-electron chi connectivity index (χ2n) is 2.16. The summed E-state index contributed by atoms with van der Waals surface area (Å²) in [5, 5.41) is 26.7. The maximum atomic E-state index is 9.09. The Kier molecular flexibility index (Phi) is 2.21. The van der Waals surface area contributed by atoms with Crippen LogP contribution >= 0.6 is 0 Å². The number of aliphatic hydroxyl groups excluding tert-OH is 3. The maximum Gasteiger partial charge on any atom is 0.321 e. The quantitative estimate of drug-likeness (QED) is 0.491. The van der Waals surface area contributed by atoms with Gasteiger partial charge in [-0.05, 0) is 0 Å². The molecule has 0 aromatic rings. The lowest BCUT2D eigenvalue weighted by molar-refractivity contribution is -0.0308. The minimum absolute atomic E-state index is 0.128. The fraction of sp³-hybridized carbons (Fsp3) is 0.667. The first-order valence-electron chi connectivity index (χ1n) is 3.13. The smallest absolute Gasteiger partial charge is 0.321 e. The Morgan fingerprint density at radius 2 is 2.27 bits per heavy atom. The van der Waals surface area contributed by atoms with Gasteiger partial charge in [-0.25, -0.2) is 0 Å². The summed E-state index contributed by atoms with van der Waals surface area (Å²) in [6.45, 7) is -0.363. The van der Waals surface area contributed by atoms with Gasteiger partial charge in [0.1, 0.15) is 0 Å². The summed E-state index contributed by atoms with van der Waals surface area (Å²) in [6, 6.07) is 0. The third-order valence-corrected chi connectivity index (χ3v) is 1.47. The van der Waals surface area contributed by atoms with E-state index in [-0.39, 0.29) is 18.3 Å². The lowest BCUT2D eigenvalue weighted by Gasteiger charge is -2.10. The molecule has 5 nitrogen and oxygen atoms in total. The van der Waals surface area contributed by atoms with Gasteiger partial charge >= 0.3 is 5.95 Å². The number of rotatable bonds is 2. The fourth-order valence-corrected chi connectivity index (χ4v) is 0.849. The molecule has 0 aromatic heterocycles. The average Bonchev–Trinajstić information content (AvgIpc) is 2.30. The van der Waals surface area contributed by atoms with E-state index in [0.717, 1.165) is 0 Å². The summed E-state index contributed by atoms with van der Waals surface area (Å²) in [4.78, 5) is 0. The van der Waals surface area contributed by atoms with E-state index >= 15 is 0 Å². The first-order valence-corrected chi connectivity index (χ1v) is 3.13. The minimum Gasteiger partial charge on any atom is -0.504 e. The molecular formula is C6H10O5. The van der Waals surface area contributed by atoms with Crippen molar-refractivity contribution in [2.75, 3.05) is 13.7 Å². The van der Waals surface area contributed by atoms with Crippen LogP contribution in [0.25, 0.3) is 0 Å². The van der Waals surface area contributed by atoms with Crippen molar-refractivity contribution >= 4 is 0 Å². The van der Waals surface area contributed by atoms with E-state index in [0.29, 0.717) is 0 Å². The van der Waals surface area contributed by atoms with E-state index in [4.69, 9.17) is 20.1 Å². The Balaban J connectivity index is 2.68. The highest BCUT2D eigenvalue weighted by Gasteiger charge is 2.36. The number of ether oxygens (including phenoxy) is 2. The number of hydrogen-bond donors (Lipinski definition) is 3. The Labute approximate surface area is 63.5 Å². The van der Waals surface area contributed by atoms with Crippen molar-refractivity contribution < 1.29 is 24.8 Å². The van der Waals surface area contributed by atoms with Gasteiger partial charge in [-0.1, -0.05) is 0 Å². The van der Waals surface area contributed by atoms with Crippen LogP contribution in [-0.2, 0) is 9.47 Å². The van der Waals surface area contributed by atoms with Gasteiger partial charge in [-0.3, -0.25) is 0 Å². The normalized spacial score (nSPS) is 30.5. The fourth-order valence-electron chi connectivity index (χ4n) is 0.849. The van der Waals surface area contributed by atoms with E-state index in [2.05, 4.69) is 4.74 Å². The van der Waals surface area contributed by atoms with E-state index in [1.807, 2.05) is 0 Å². The molecule has 3 N–H and O–H groups in total. The molecule has 0 radical (unpaired) electrons. The van der Waals surface area contributed by atoms with Crippen molar-refractivity contribution in [2.24, 2.45) is 0 Å². The first-order chi connectivity index (χ1) is 5.20. The van der Waals surface area contributed by atoms with E-state index < -0.39 is 12.2 Å². The van der Waals surface area contributed by atoms with Crippen molar-refractivity contribution in [3.05, 3.63) is 11.7 Å².